The molecule has 0 spiro atoms. The van der Waals surface area contributed by atoms with Crippen molar-refractivity contribution in [1.29, 1.82) is 0 Å². The van der Waals surface area contributed by atoms with E-state index in [0.29, 0.717) is 16.8 Å². The van der Waals surface area contributed by atoms with Crippen LogP contribution in [-0.4, -0.2) is 11.7 Å². The molecule has 102 valence electrons. The number of hydrogen-bond acceptors (Lipinski definition) is 2. The highest BCUT2D eigenvalue weighted by molar-refractivity contribution is 9.10. The third-order valence-corrected chi connectivity index (χ3v) is 3.70. The number of hydrogen-bond donors (Lipinski definition) is 1. The summed E-state index contributed by atoms with van der Waals surface area (Å²) in [6.07, 6.45) is 0. The van der Waals surface area contributed by atoms with E-state index in [2.05, 4.69) is 21.2 Å². The predicted molar refractivity (Wildman–Crippen MR) is 83.3 cm³/mol. The molecule has 0 aliphatic carbocycles. The zero-order valence-electron chi connectivity index (χ0n) is 11.2. The summed E-state index contributed by atoms with van der Waals surface area (Å²) in [5.41, 5.74) is 2.70. The fourth-order valence-electron chi connectivity index (χ4n) is 1.81. The average Bonchev–Trinajstić information content (AvgIpc) is 2.41. The third-order valence-electron chi connectivity index (χ3n) is 3.01. The van der Waals surface area contributed by atoms with E-state index in [-0.39, 0.29) is 11.7 Å². The van der Waals surface area contributed by atoms with Crippen LogP contribution in [0, 0.1) is 6.92 Å². The second-order valence-corrected chi connectivity index (χ2v) is 5.37. The van der Waals surface area contributed by atoms with Gasteiger partial charge in [0.15, 0.2) is 5.78 Å². The van der Waals surface area contributed by atoms with Crippen LogP contribution in [-0.2, 0) is 0 Å². The van der Waals surface area contributed by atoms with E-state index in [1.807, 2.05) is 25.1 Å². The molecule has 0 bridgehead atoms. The lowest BCUT2D eigenvalue weighted by molar-refractivity contribution is 0.101. The van der Waals surface area contributed by atoms with Crippen molar-refractivity contribution < 1.29 is 9.59 Å². The van der Waals surface area contributed by atoms with Crippen LogP contribution in [0.25, 0.3) is 0 Å². The molecule has 1 N–H and O–H groups in total. The smallest absolute Gasteiger partial charge is 0.256 e. The average molecular weight is 332 g/mol. The lowest BCUT2D eigenvalue weighted by atomic mass is 10.1. The number of Topliss-reactive ketones (excluding diaryl/α,β-unsaturated/α-hetero) is 1. The van der Waals surface area contributed by atoms with E-state index >= 15 is 0 Å². The minimum absolute atomic E-state index is 0.0265. The molecule has 0 aliphatic rings. The summed E-state index contributed by atoms with van der Waals surface area (Å²) in [5.74, 6) is -0.234. The number of anilines is 1. The lowest BCUT2D eigenvalue weighted by Gasteiger charge is -2.10. The first-order valence-corrected chi connectivity index (χ1v) is 6.96. The molecule has 2 aromatic carbocycles. The molecular formula is C16H14BrNO2. The molecule has 0 heterocycles. The van der Waals surface area contributed by atoms with Crippen LogP contribution < -0.4 is 5.32 Å². The van der Waals surface area contributed by atoms with E-state index in [4.69, 9.17) is 0 Å². The van der Waals surface area contributed by atoms with Gasteiger partial charge < -0.3 is 5.32 Å². The van der Waals surface area contributed by atoms with Gasteiger partial charge >= 0.3 is 0 Å². The van der Waals surface area contributed by atoms with Crippen LogP contribution in [0.5, 0.6) is 0 Å². The monoisotopic (exact) mass is 331 g/mol. The maximum Gasteiger partial charge on any atom is 0.256 e. The van der Waals surface area contributed by atoms with Crippen molar-refractivity contribution in [2.24, 2.45) is 0 Å². The van der Waals surface area contributed by atoms with E-state index in [1.54, 1.807) is 24.3 Å². The number of nitrogens with one attached hydrogen (secondary N) is 1. The minimum Gasteiger partial charge on any atom is -0.322 e. The Labute approximate surface area is 126 Å². The Balaban J connectivity index is 2.30. The SMILES string of the molecule is CC(=O)c1ccc(C)c(NC(=O)c2ccccc2Br)c1. The Morgan fingerprint density at radius 3 is 2.45 bits per heavy atom. The van der Waals surface area contributed by atoms with Crippen molar-refractivity contribution in [3.63, 3.8) is 0 Å². The summed E-state index contributed by atoms with van der Waals surface area (Å²) in [6.45, 7) is 3.39. The van der Waals surface area contributed by atoms with Gasteiger partial charge in [-0.25, -0.2) is 0 Å². The second-order valence-electron chi connectivity index (χ2n) is 4.52. The summed E-state index contributed by atoms with van der Waals surface area (Å²) in [4.78, 5) is 23.6. The highest BCUT2D eigenvalue weighted by Crippen LogP contribution is 2.21. The van der Waals surface area contributed by atoms with Gasteiger partial charge in [-0.3, -0.25) is 9.59 Å². The standard InChI is InChI=1S/C16H14BrNO2/c1-10-7-8-12(11(2)19)9-15(10)18-16(20)13-5-3-4-6-14(13)17/h3-9H,1-2H3,(H,18,20). The van der Waals surface area contributed by atoms with Crippen LogP contribution in [0.3, 0.4) is 0 Å². The quantitative estimate of drug-likeness (QED) is 0.856. The Morgan fingerprint density at radius 2 is 1.80 bits per heavy atom. The molecule has 0 aliphatic heterocycles. The predicted octanol–water partition coefficient (Wildman–Crippen LogP) is 4.21. The zero-order valence-corrected chi connectivity index (χ0v) is 12.8. The highest BCUT2D eigenvalue weighted by atomic mass is 79.9. The molecular weight excluding hydrogens is 318 g/mol. The second kappa shape index (κ2) is 6.01. The van der Waals surface area contributed by atoms with Crippen molar-refractivity contribution >= 4 is 33.3 Å². The molecule has 0 fully saturated rings. The number of ketones is 1. The van der Waals surface area contributed by atoms with Crippen LogP contribution in [0.15, 0.2) is 46.9 Å². The molecule has 0 unspecified atom stereocenters. The largest absolute Gasteiger partial charge is 0.322 e. The van der Waals surface area contributed by atoms with Gasteiger partial charge in [0.25, 0.3) is 5.91 Å². The van der Waals surface area contributed by atoms with E-state index in [9.17, 15) is 9.59 Å². The number of carbonyl (C=O) groups excluding carboxylic acids is 2. The van der Waals surface area contributed by atoms with E-state index in [0.717, 1.165) is 10.0 Å². The molecule has 3 nitrogen and oxygen atoms in total. The lowest BCUT2D eigenvalue weighted by Crippen LogP contribution is -2.13. The number of benzene rings is 2. The fourth-order valence-corrected chi connectivity index (χ4v) is 2.28. The maximum atomic E-state index is 12.2. The van der Waals surface area contributed by atoms with Crippen LogP contribution in [0.4, 0.5) is 5.69 Å². The molecule has 0 atom stereocenters. The molecule has 0 saturated heterocycles. The van der Waals surface area contributed by atoms with Gasteiger partial charge in [0.05, 0.1) is 5.56 Å². The zero-order chi connectivity index (χ0) is 14.7. The van der Waals surface area contributed by atoms with Gasteiger partial charge in [-0.2, -0.15) is 0 Å². The molecule has 2 rings (SSSR count). The van der Waals surface area contributed by atoms with Gasteiger partial charge in [-0.1, -0.05) is 24.3 Å². The Hall–Kier alpha value is -1.94. The summed E-state index contributed by atoms with van der Waals surface area (Å²) in [6, 6.07) is 12.5. The van der Waals surface area contributed by atoms with Gasteiger partial charge in [0.2, 0.25) is 0 Å². The molecule has 1 amide bonds. The number of halogens is 1. The fraction of sp³-hybridized carbons (Fsp3) is 0.125. The topological polar surface area (TPSA) is 46.2 Å². The Kier molecular flexibility index (Phi) is 4.35. The van der Waals surface area contributed by atoms with E-state index in [1.165, 1.54) is 6.92 Å². The normalized spacial score (nSPS) is 10.2. The molecule has 20 heavy (non-hydrogen) atoms. The third kappa shape index (κ3) is 3.14. The number of amides is 1. The Bertz CT molecular complexity index is 680. The van der Waals surface area contributed by atoms with Crippen LogP contribution in [0.1, 0.15) is 33.2 Å². The van der Waals surface area contributed by atoms with Crippen LogP contribution >= 0.6 is 15.9 Å². The maximum absolute atomic E-state index is 12.2. The van der Waals surface area contributed by atoms with E-state index < -0.39 is 0 Å². The number of rotatable bonds is 3. The summed E-state index contributed by atoms with van der Waals surface area (Å²) < 4.78 is 0.734. The van der Waals surface area contributed by atoms with Gasteiger partial charge in [-0.05, 0) is 53.5 Å². The molecule has 0 aromatic heterocycles. The first kappa shape index (κ1) is 14.5. The molecule has 2 aromatic rings. The summed E-state index contributed by atoms with van der Waals surface area (Å²) >= 11 is 3.35. The first-order valence-electron chi connectivity index (χ1n) is 6.16. The van der Waals surface area contributed by atoms with Crippen molar-refractivity contribution in [1.82, 2.24) is 0 Å². The van der Waals surface area contributed by atoms with Crippen molar-refractivity contribution in [3.05, 3.63) is 63.6 Å². The van der Waals surface area contributed by atoms with Gasteiger partial charge in [0.1, 0.15) is 0 Å². The Morgan fingerprint density at radius 1 is 1.10 bits per heavy atom. The number of aryl methyl sites for hydroxylation is 1. The van der Waals surface area contributed by atoms with Crippen molar-refractivity contribution in [3.8, 4) is 0 Å². The highest BCUT2D eigenvalue weighted by Gasteiger charge is 2.11. The molecule has 0 saturated carbocycles. The summed E-state index contributed by atoms with van der Waals surface area (Å²) in [5, 5.41) is 2.84. The van der Waals surface area contributed by atoms with Crippen LogP contribution in [0.2, 0.25) is 0 Å². The first-order chi connectivity index (χ1) is 9.49. The summed E-state index contributed by atoms with van der Waals surface area (Å²) in [7, 11) is 0. The van der Waals surface area contributed by atoms with Gasteiger partial charge in [-0.15, -0.1) is 0 Å². The number of carbonyl (C=O) groups is 2. The van der Waals surface area contributed by atoms with Crippen molar-refractivity contribution in [2.75, 3.05) is 5.32 Å². The van der Waals surface area contributed by atoms with Crippen molar-refractivity contribution in [2.45, 2.75) is 13.8 Å². The van der Waals surface area contributed by atoms with Gasteiger partial charge in [0, 0.05) is 15.7 Å². The minimum atomic E-state index is -0.207. The molecule has 0 radical (unpaired) electrons. The molecule has 4 heteroatoms.